The van der Waals surface area contributed by atoms with Gasteiger partial charge in [-0.15, -0.1) is 0 Å². The maximum absolute atomic E-state index is 11.2. The first kappa shape index (κ1) is 12.4. The third-order valence-corrected chi connectivity index (χ3v) is 1.56. The summed E-state index contributed by atoms with van der Waals surface area (Å²) in [5.74, 6) is 0.0655. The monoisotopic (exact) mass is 189 g/mol. The summed E-state index contributed by atoms with van der Waals surface area (Å²) in [6.07, 6.45) is 0.659. The quantitative estimate of drug-likeness (QED) is 0.489. The minimum atomic E-state index is -0.503. The largest absolute Gasteiger partial charge is 0.462 e. The average molecular weight is 189 g/mol. The van der Waals surface area contributed by atoms with E-state index in [-0.39, 0.29) is 12.6 Å². The number of rotatable bonds is 6. The Morgan fingerprint density at radius 1 is 1.38 bits per heavy atom. The van der Waals surface area contributed by atoms with E-state index in [9.17, 15) is 4.79 Å². The van der Waals surface area contributed by atoms with Gasteiger partial charge in [-0.1, -0.05) is 13.8 Å². The molecule has 0 unspecified atom stereocenters. The maximum atomic E-state index is 11.2. The lowest BCUT2D eigenvalue weighted by molar-refractivity contribution is -0.146. The molecule has 0 rings (SSSR count). The van der Waals surface area contributed by atoms with Crippen LogP contribution in [0, 0.1) is 5.92 Å². The highest BCUT2D eigenvalue weighted by Crippen LogP contribution is 2.03. The Kier molecular flexibility index (Phi) is 6.54. The van der Waals surface area contributed by atoms with Gasteiger partial charge in [0.1, 0.15) is 12.6 Å². The molecular formula is C9H19NO3. The summed E-state index contributed by atoms with van der Waals surface area (Å²) in [4.78, 5) is 11.2. The molecule has 0 aromatic carbocycles. The second kappa shape index (κ2) is 6.86. The van der Waals surface area contributed by atoms with Gasteiger partial charge >= 0.3 is 5.97 Å². The summed E-state index contributed by atoms with van der Waals surface area (Å²) < 4.78 is 9.59. The van der Waals surface area contributed by atoms with E-state index in [1.54, 1.807) is 7.11 Å². The summed E-state index contributed by atoms with van der Waals surface area (Å²) in [7, 11) is 1.56. The molecule has 0 saturated heterocycles. The molecule has 0 bridgehead atoms. The molecule has 78 valence electrons. The van der Waals surface area contributed by atoms with Crippen molar-refractivity contribution >= 4 is 5.97 Å². The number of hydrogen-bond acceptors (Lipinski definition) is 4. The molecule has 0 saturated carbocycles. The van der Waals surface area contributed by atoms with Crippen LogP contribution in [0.4, 0.5) is 0 Å². The molecular weight excluding hydrogens is 170 g/mol. The number of esters is 1. The van der Waals surface area contributed by atoms with Crippen LogP contribution in [0.2, 0.25) is 0 Å². The smallest absolute Gasteiger partial charge is 0.322 e. The van der Waals surface area contributed by atoms with Crippen molar-refractivity contribution in [2.75, 3.05) is 20.3 Å². The Morgan fingerprint density at radius 2 is 2.00 bits per heavy atom. The molecule has 0 fully saturated rings. The van der Waals surface area contributed by atoms with Gasteiger partial charge < -0.3 is 15.2 Å². The van der Waals surface area contributed by atoms with Gasteiger partial charge in [0.15, 0.2) is 0 Å². The van der Waals surface area contributed by atoms with Gasteiger partial charge in [-0.2, -0.15) is 0 Å². The standard InChI is InChI=1S/C9H19NO3/c1-7(2)6-8(10)9(11)13-5-4-12-3/h7-8H,4-6,10H2,1-3H3/t8-/m0/s1. The van der Waals surface area contributed by atoms with Crippen LogP contribution in [0.25, 0.3) is 0 Å². The van der Waals surface area contributed by atoms with E-state index in [0.717, 1.165) is 0 Å². The van der Waals surface area contributed by atoms with Crippen LogP contribution in [0.5, 0.6) is 0 Å². The molecule has 4 heteroatoms. The van der Waals surface area contributed by atoms with Crippen molar-refractivity contribution in [3.63, 3.8) is 0 Å². The van der Waals surface area contributed by atoms with Gasteiger partial charge in [-0.25, -0.2) is 0 Å². The van der Waals surface area contributed by atoms with E-state index < -0.39 is 6.04 Å². The van der Waals surface area contributed by atoms with E-state index in [2.05, 4.69) is 0 Å². The first-order valence-electron chi connectivity index (χ1n) is 4.49. The van der Waals surface area contributed by atoms with E-state index >= 15 is 0 Å². The zero-order chi connectivity index (χ0) is 10.3. The van der Waals surface area contributed by atoms with Crippen molar-refractivity contribution < 1.29 is 14.3 Å². The highest BCUT2D eigenvalue weighted by molar-refractivity contribution is 5.75. The Bertz CT molecular complexity index is 148. The van der Waals surface area contributed by atoms with Crippen molar-refractivity contribution in [1.82, 2.24) is 0 Å². The molecule has 0 spiro atoms. The van der Waals surface area contributed by atoms with Crippen LogP contribution in [0.1, 0.15) is 20.3 Å². The van der Waals surface area contributed by atoms with Gasteiger partial charge in [0.25, 0.3) is 0 Å². The molecule has 1 atom stereocenters. The Hall–Kier alpha value is -0.610. The Morgan fingerprint density at radius 3 is 2.46 bits per heavy atom. The summed E-state index contributed by atoms with van der Waals surface area (Å²) >= 11 is 0. The van der Waals surface area contributed by atoms with Gasteiger partial charge in [-0.05, 0) is 12.3 Å². The van der Waals surface area contributed by atoms with E-state index in [0.29, 0.717) is 18.9 Å². The summed E-state index contributed by atoms with van der Waals surface area (Å²) in [6.45, 7) is 4.73. The molecule has 0 radical (unpaired) electrons. The lowest BCUT2D eigenvalue weighted by atomic mass is 10.1. The predicted molar refractivity (Wildman–Crippen MR) is 50.3 cm³/mol. The number of carbonyl (C=O) groups is 1. The minimum Gasteiger partial charge on any atom is -0.462 e. The number of ether oxygens (including phenoxy) is 2. The molecule has 0 heterocycles. The highest BCUT2D eigenvalue weighted by atomic mass is 16.6. The minimum absolute atomic E-state index is 0.279. The van der Waals surface area contributed by atoms with Crippen LogP contribution in [-0.4, -0.2) is 32.3 Å². The molecule has 13 heavy (non-hydrogen) atoms. The van der Waals surface area contributed by atoms with Gasteiger partial charge in [0, 0.05) is 7.11 Å². The molecule has 0 aromatic heterocycles. The first-order valence-corrected chi connectivity index (χ1v) is 4.49. The normalized spacial score (nSPS) is 13.0. The summed E-state index contributed by atoms with van der Waals surface area (Å²) in [5, 5.41) is 0. The van der Waals surface area contributed by atoms with Crippen molar-refractivity contribution in [3.8, 4) is 0 Å². The van der Waals surface area contributed by atoms with E-state index in [4.69, 9.17) is 15.2 Å². The number of methoxy groups -OCH3 is 1. The predicted octanol–water partition coefficient (Wildman–Crippen LogP) is 0.549. The van der Waals surface area contributed by atoms with Gasteiger partial charge in [0.2, 0.25) is 0 Å². The molecule has 4 nitrogen and oxygen atoms in total. The number of hydrogen-bond donors (Lipinski definition) is 1. The molecule has 0 aromatic rings. The fraction of sp³-hybridized carbons (Fsp3) is 0.889. The van der Waals surface area contributed by atoms with Crippen LogP contribution >= 0.6 is 0 Å². The lowest BCUT2D eigenvalue weighted by Crippen LogP contribution is -2.34. The summed E-state index contributed by atoms with van der Waals surface area (Å²) in [5.41, 5.74) is 5.59. The third kappa shape index (κ3) is 6.54. The van der Waals surface area contributed by atoms with Crippen LogP contribution in [0.3, 0.4) is 0 Å². The van der Waals surface area contributed by atoms with Crippen LogP contribution in [0.15, 0.2) is 0 Å². The average Bonchev–Trinajstić information content (AvgIpc) is 2.03. The fourth-order valence-corrected chi connectivity index (χ4v) is 0.937. The maximum Gasteiger partial charge on any atom is 0.322 e. The zero-order valence-corrected chi connectivity index (χ0v) is 8.58. The second-order valence-corrected chi connectivity index (χ2v) is 3.40. The molecule has 0 amide bonds. The van der Waals surface area contributed by atoms with Gasteiger partial charge in [-0.3, -0.25) is 4.79 Å². The number of carbonyl (C=O) groups excluding carboxylic acids is 1. The summed E-state index contributed by atoms with van der Waals surface area (Å²) in [6, 6.07) is -0.503. The second-order valence-electron chi connectivity index (χ2n) is 3.40. The topological polar surface area (TPSA) is 61.5 Å². The Labute approximate surface area is 79.4 Å². The molecule has 2 N–H and O–H groups in total. The first-order chi connectivity index (χ1) is 6.07. The van der Waals surface area contributed by atoms with E-state index in [1.807, 2.05) is 13.8 Å². The Balaban J connectivity index is 3.57. The molecule has 0 aliphatic rings. The lowest BCUT2D eigenvalue weighted by Gasteiger charge is -2.12. The fourth-order valence-electron chi connectivity index (χ4n) is 0.937. The molecule has 0 aliphatic carbocycles. The molecule has 0 aliphatic heterocycles. The van der Waals surface area contributed by atoms with E-state index in [1.165, 1.54) is 0 Å². The van der Waals surface area contributed by atoms with Crippen molar-refractivity contribution in [3.05, 3.63) is 0 Å². The SMILES string of the molecule is COCCOC(=O)[C@@H](N)CC(C)C. The highest BCUT2D eigenvalue weighted by Gasteiger charge is 2.15. The van der Waals surface area contributed by atoms with Crippen LogP contribution in [-0.2, 0) is 14.3 Å². The van der Waals surface area contributed by atoms with Crippen molar-refractivity contribution in [2.45, 2.75) is 26.3 Å². The van der Waals surface area contributed by atoms with Crippen molar-refractivity contribution in [1.29, 1.82) is 0 Å². The zero-order valence-electron chi connectivity index (χ0n) is 8.58. The van der Waals surface area contributed by atoms with Crippen molar-refractivity contribution in [2.24, 2.45) is 11.7 Å². The third-order valence-electron chi connectivity index (χ3n) is 1.56. The van der Waals surface area contributed by atoms with Gasteiger partial charge in [0.05, 0.1) is 6.61 Å². The number of nitrogens with two attached hydrogens (primary N) is 1. The van der Waals surface area contributed by atoms with Crippen LogP contribution < -0.4 is 5.73 Å².